The summed E-state index contributed by atoms with van der Waals surface area (Å²) in [6.45, 7) is 5.41. The first kappa shape index (κ1) is 12.8. The van der Waals surface area contributed by atoms with Crippen molar-refractivity contribution in [3.8, 4) is 0 Å². The number of rotatable bonds is 2. The summed E-state index contributed by atoms with van der Waals surface area (Å²) in [4.78, 5) is 25.4. The molecule has 0 bridgehead atoms. The predicted octanol–water partition coefficient (Wildman–Crippen LogP) is 1.12. The largest absolute Gasteiger partial charge is 0.477 e. The van der Waals surface area contributed by atoms with Crippen molar-refractivity contribution < 1.29 is 9.90 Å². The molecule has 1 aromatic heterocycles. The number of hydrogen-bond donors (Lipinski definition) is 1. The van der Waals surface area contributed by atoms with Crippen LogP contribution in [0.3, 0.4) is 0 Å². The Balaban J connectivity index is 2.71. The lowest BCUT2D eigenvalue weighted by Gasteiger charge is -2.29. The molecule has 0 aromatic carbocycles. The van der Waals surface area contributed by atoms with Crippen LogP contribution in [0.15, 0.2) is 10.9 Å². The van der Waals surface area contributed by atoms with Gasteiger partial charge in [-0.1, -0.05) is 0 Å². The van der Waals surface area contributed by atoms with Gasteiger partial charge in [0.1, 0.15) is 5.56 Å². The third-order valence-corrected chi connectivity index (χ3v) is 3.35. The number of aromatic carboxylic acids is 1. The smallest absolute Gasteiger partial charge is 0.341 e. The summed E-state index contributed by atoms with van der Waals surface area (Å²) in [7, 11) is 1.99. The first-order chi connectivity index (χ1) is 8.41. The zero-order valence-electron chi connectivity index (χ0n) is 10.9. The molecule has 0 saturated carbocycles. The Kier molecular flexibility index (Phi) is 3.26. The average Bonchev–Trinajstić information content (AvgIpc) is 2.27. The van der Waals surface area contributed by atoms with E-state index in [1.807, 2.05) is 20.9 Å². The summed E-state index contributed by atoms with van der Waals surface area (Å²) in [5, 5.41) is 9.11. The van der Waals surface area contributed by atoms with E-state index < -0.39 is 5.97 Å². The predicted molar refractivity (Wildman–Crippen MR) is 68.1 cm³/mol. The Morgan fingerprint density at radius 1 is 1.44 bits per heavy atom. The molecule has 5 nitrogen and oxygen atoms in total. The molecule has 18 heavy (non-hydrogen) atoms. The first-order valence-electron chi connectivity index (χ1n) is 6.11. The molecule has 1 aliphatic rings. The molecule has 2 rings (SSSR count). The van der Waals surface area contributed by atoms with Crippen LogP contribution in [0, 0.1) is 0 Å². The maximum absolute atomic E-state index is 12.2. The van der Waals surface area contributed by atoms with Crippen molar-refractivity contribution in [3.63, 3.8) is 0 Å². The van der Waals surface area contributed by atoms with E-state index in [-0.39, 0.29) is 17.2 Å². The van der Waals surface area contributed by atoms with E-state index in [4.69, 9.17) is 5.11 Å². The third-order valence-electron chi connectivity index (χ3n) is 3.35. The van der Waals surface area contributed by atoms with Crippen LogP contribution in [-0.4, -0.2) is 34.1 Å². The lowest BCUT2D eigenvalue weighted by Crippen LogP contribution is -2.37. The van der Waals surface area contributed by atoms with E-state index in [9.17, 15) is 9.59 Å². The van der Waals surface area contributed by atoms with Gasteiger partial charge in [-0.3, -0.25) is 4.79 Å². The number of hydrogen-bond acceptors (Lipinski definition) is 3. The molecule has 5 heteroatoms. The zero-order chi connectivity index (χ0) is 13.4. The van der Waals surface area contributed by atoms with Gasteiger partial charge in [-0.15, -0.1) is 0 Å². The fourth-order valence-electron chi connectivity index (χ4n) is 2.51. The normalized spacial score (nSPS) is 15.8. The zero-order valence-corrected chi connectivity index (χ0v) is 10.9. The van der Waals surface area contributed by atoms with Crippen LogP contribution in [0.5, 0.6) is 0 Å². The Labute approximate surface area is 106 Å². The van der Waals surface area contributed by atoms with Crippen molar-refractivity contribution in [2.24, 2.45) is 0 Å². The maximum atomic E-state index is 12.2. The molecule has 2 heterocycles. The molecule has 1 aliphatic heterocycles. The van der Waals surface area contributed by atoms with E-state index >= 15 is 0 Å². The monoisotopic (exact) mass is 250 g/mol. The highest BCUT2D eigenvalue weighted by Crippen LogP contribution is 2.20. The number of nitrogens with zero attached hydrogens (tertiary/aromatic N) is 2. The van der Waals surface area contributed by atoms with Crippen molar-refractivity contribution in [1.82, 2.24) is 9.47 Å². The minimum absolute atomic E-state index is 0.0195. The van der Waals surface area contributed by atoms with Crippen LogP contribution in [0.1, 0.15) is 41.5 Å². The first-order valence-corrected chi connectivity index (χ1v) is 6.11. The Morgan fingerprint density at radius 3 is 2.67 bits per heavy atom. The summed E-state index contributed by atoms with van der Waals surface area (Å²) >= 11 is 0. The molecular formula is C13H18N2O3. The lowest BCUT2D eigenvalue weighted by molar-refractivity contribution is 0.0693. The molecule has 0 unspecified atom stereocenters. The van der Waals surface area contributed by atoms with E-state index in [1.165, 1.54) is 6.07 Å². The van der Waals surface area contributed by atoms with Gasteiger partial charge < -0.3 is 14.6 Å². The number of fused-ring (bicyclic) bond motifs is 1. The highest BCUT2D eigenvalue weighted by Gasteiger charge is 2.23. The van der Waals surface area contributed by atoms with Gasteiger partial charge in [0.15, 0.2) is 0 Å². The maximum Gasteiger partial charge on any atom is 0.341 e. The van der Waals surface area contributed by atoms with Crippen molar-refractivity contribution in [3.05, 3.63) is 33.2 Å². The molecule has 1 aromatic rings. The SMILES string of the molecule is CC(C)n1c2c(cc(C(=O)O)c1=O)CN(C)CC2. The molecule has 0 aliphatic carbocycles. The Morgan fingerprint density at radius 2 is 2.11 bits per heavy atom. The van der Waals surface area contributed by atoms with Gasteiger partial charge in [-0.05, 0) is 32.5 Å². The molecule has 1 N–H and O–H groups in total. The standard InChI is InChI=1S/C13H18N2O3/c1-8(2)15-11-4-5-14(3)7-9(11)6-10(12(15)16)13(17)18/h6,8H,4-5,7H2,1-3H3,(H,17,18). The highest BCUT2D eigenvalue weighted by atomic mass is 16.4. The molecule has 0 amide bonds. The number of likely N-dealkylation sites (N-methyl/N-ethyl adjacent to an activating group) is 1. The summed E-state index contributed by atoms with van der Waals surface area (Å²) in [5.74, 6) is -1.15. The lowest BCUT2D eigenvalue weighted by atomic mass is 10.0. The van der Waals surface area contributed by atoms with Crippen molar-refractivity contribution in [1.29, 1.82) is 0 Å². The molecule has 0 spiro atoms. The van der Waals surface area contributed by atoms with E-state index in [2.05, 4.69) is 4.90 Å². The molecular weight excluding hydrogens is 232 g/mol. The minimum atomic E-state index is -1.15. The number of carboxylic acids is 1. The molecule has 0 atom stereocenters. The number of aromatic nitrogens is 1. The molecule has 0 radical (unpaired) electrons. The van der Waals surface area contributed by atoms with Gasteiger partial charge in [-0.2, -0.15) is 0 Å². The van der Waals surface area contributed by atoms with Gasteiger partial charge in [-0.25, -0.2) is 4.79 Å². The average molecular weight is 250 g/mol. The summed E-state index contributed by atoms with van der Waals surface area (Å²) in [5.41, 5.74) is 1.42. The summed E-state index contributed by atoms with van der Waals surface area (Å²) in [6.07, 6.45) is 0.791. The van der Waals surface area contributed by atoms with E-state index in [1.54, 1.807) is 4.57 Å². The van der Waals surface area contributed by atoms with E-state index in [0.717, 1.165) is 24.2 Å². The second-order valence-electron chi connectivity index (χ2n) is 5.09. The van der Waals surface area contributed by atoms with Gasteiger partial charge in [0.2, 0.25) is 0 Å². The van der Waals surface area contributed by atoms with Gasteiger partial charge in [0, 0.05) is 31.2 Å². The number of carbonyl (C=O) groups is 1. The highest BCUT2D eigenvalue weighted by molar-refractivity contribution is 5.87. The fraction of sp³-hybridized carbons (Fsp3) is 0.538. The quantitative estimate of drug-likeness (QED) is 0.854. The Hall–Kier alpha value is -1.62. The van der Waals surface area contributed by atoms with Crippen LogP contribution in [0.2, 0.25) is 0 Å². The van der Waals surface area contributed by atoms with Gasteiger partial charge in [0.25, 0.3) is 5.56 Å². The van der Waals surface area contributed by atoms with Gasteiger partial charge in [0.05, 0.1) is 0 Å². The minimum Gasteiger partial charge on any atom is -0.477 e. The van der Waals surface area contributed by atoms with Crippen LogP contribution in [0.4, 0.5) is 0 Å². The molecule has 98 valence electrons. The van der Waals surface area contributed by atoms with Crippen molar-refractivity contribution in [2.75, 3.05) is 13.6 Å². The number of pyridine rings is 1. The van der Waals surface area contributed by atoms with E-state index in [0.29, 0.717) is 6.54 Å². The Bertz CT molecular complexity index is 546. The van der Waals surface area contributed by atoms with Gasteiger partial charge >= 0.3 is 5.97 Å². The van der Waals surface area contributed by atoms with Crippen molar-refractivity contribution in [2.45, 2.75) is 32.9 Å². The second-order valence-corrected chi connectivity index (χ2v) is 5.09. The summed E-state index contributed by atoms with van der Waals surface area (Å²) in [6, 6.07) is 1.52. The van der Waals surface area contributed by atoms with Crippen LogP contribution >= 0.6 is 0 Å². The second kappa shape index (κ2) is 4.57. The molecule has 0 saturated heterocycles. The van der Waals surface area contributed by atoms with Crippen LogP contribution in [0.25, 0.3) is 0 Å². The van der Waals surface area contributed by atoms with Crippen LogP contribution in [-0.2, 0) is 13.0 Å². The number of carboxylic acid groups (broad SMARTS) is 1. The topological polar surface area (TPSA) is 62.5 Å². The molecule has 0 fully saturated rings. The van der Waals surface area contributed by atoms with Crippen LogP contribution < -0.4 is 5.56 Å². The summed E-state index contributed by atoms with van der Waals surface area (Å²) < 4.78 is 1.63. The third kappa shape index (κ3) is 2.06. The van der Waals surface area contributed by atoms with Crippen molar-refractivity contribution >= 4 is 5.97 Å². The fourth-order valence-corrected chi connectivity index (χ4v) is 2.51.